The normalized spacial score (nSPS) is 23.0. The van der Waals surface area contributed by atoms with Crippen molar-refractivity contribution in [2.24, 2.45) is 0 Å². The zero-order valence-corrected chi connectivity index (χ0v) is 14.1. The van der Waals surface area contributed by atoms with E-state index in [1.807, 2.05) is 5.06 Å². The fourth-order valence-corrected chi connectivity index (χ4v) is 3.21. The second-order valence-electron chi connectivity index (χ2n) is 7.84. The topological polar surface area (TPSA) is 82.0 Å². The standard InChI is InChI=1S/C15H30N2O4/c1-13(2)7-11(16-12(19)9-18)8-14(3,4)17(13)21-10-15(5,6)20/h11,18,20H,7-10H2,1-6H3,(H,16,19). The molecule has 0 unspecified atom stereocenters. The van der Waals surface area contributed by atoms with Crippen molar-refractivity contribution in [2.75, 3.05) is 13.2 Å². The van der Waals surface area contributed by atoms with Crippen LogP contribution in [0.25, 0.3) is 0 Å². The van der Waals surface area contributed by atoms with Crippen molar-refractivity contribution >= 4 is 5.91 Å². The first-order chi connectivity index (χ1) is 9.37. The highest BCUT2D eigenvalue weighted by atomic mass is 16.7. The molecule has 0 aromatic rings. The van der Waals surface area contributed by atoms with Crippen LogP contribution in [0, 0.1) is 0 Å². The Hall–Kier alpha value is -0.690. The summed E-state index contributed by atoms with van der Waals surface area (Å²) in [7, 11) is 0. The number of hydroxylamine groups is 2. The summed E-state index contributed by atoms with van der Waals surface area (Å²) in [5.41, 5.74) is -1.48. The Morgan fingerprint density at radius 3 is 2.14 bits per heavy atom. The molecular weight excluding hydrogens is 272 g/mol. The second-order valence-corrected chi connectivity index (χ2v) is 7.84. The van der Waals surface area contributed by atoms with E-state index in [-0.39, 0.29) is 29.6 Å². The summed E-state index contributed by atoms with van der Waals surface area (Å²) in [6.07, 6.45) is 1.43. The van der Waals surface area contributed by atoms with Gasteiger partial charge in [-0.2, -0.15) is 5.06 Å². The fourth-order valence-electron chi connectivity index (χ4n) is 3.21. The number of hydrogen-bond acceptors (Lipinski definition) is 5. The van der Waals surface area contributed by atoms with E-state index >= 15 is 0 Å². The Labute approximate surface area is 127 Å². The third-order valence-electron chi connectivity index (χ3n) is 3.65. The Morgan fingerprint density at radius 2 is 1.76 bits per heavy atom. The van der Waals surface area contributed by atoms with Crippen LogP contribution in [0.5, 0.6) is 0 Å². The molecule has 6 nitrogen and oxygen atoms in total. The van der Waals surface area contributed by atoms with Gasteiger partial charge in [0.1, 0.15) is 6.61 Å². The zero-order chi connectivity index (χ0) is 16.5. The van der Waals surface area contributed by atoms with Crippen molar-refractivity contribution in [3.05, 3.63) is 0 Å². The highest BCUT2D eigenvalue weighted by Crippen LogP contribution is 2.38. The molecule has 6 heteroatoms. The molecule has 0 spiro atoms. The van der Waals surface area contributed by atoms with E-state index in [1.54, 1.807) is 13.8 Å². The molecule has 1 heterocycles. The lowest BCUT2D eigenvalue weighted by molar-refractivity contribution is -0.299. The average molecular weight is 302 g/mol. The minimum absolute atomic E-state index is 0.00311. The first kappa shape index (κ1) is 18.4. The van der Waals surface area contributed by atoms with Gasteiger partial charge in [0.05, 0.1) is 12.2 Å². The van der Waals surface area contributed by atoms with Crippen LogP contribution in [0.2, 0.25) is 0 Å². The van der Waals surface area contributed by atoms with Crippen molar-refractivity contribution in [1.82, 2.24) is 10.4 Å². The number of aliphatic hydroxyl groups is 2. The van der Waals surface area contributed by atoms with Crippen LogP contribution in [-0.4, -0.2) is 57.1 Å². The minimum Gasteiger partial charge on any atom is -0.388 e. The van der Waals surface area contributed by atoms with E-state index in [0.29, 0.717) is 12.8 Å². The fraction of sp³-hybridized carbons (Fsp3) is 0.933. The molecule has 1 aliphatic heterocycles. The monoisotopic (exact) mass is 302 g/mol. The van der Waals surface area contributed by atoms with Crippen molar-refractivity contribution in [1.29, 1.82) is 0 Å². The van der Waals surface area contributed by atoms with Gasteiger partial charge in [-0.15, -0.1) is 0 Å². The smallest absolute Gasteiger partial charge is 0.245 e. The lowest BCUT2D eigenvalue weighted by Crippen LogP contribution is -2.64. The molecule has 1 rings (SSSR count). The predicted molar refractivity (Wildman–Crippen MR) is 80.5 cm³/mol. The minimum atomic E-state index is -0.895. The highest BCUT2D eigenvalue weighted by molar-refractivity contribution is 5.77. The number of carbonyl (C=O) groups is 1. The maximum absolute atomic E-state index is 11.4. The number of nitrogens with one attached hydrogen (secondary N) is 1. The summed E-state index contributed by atoms with van der Waals surface area (Å²) in [5, 5.41) is 23.5. The van der Waals surface area contributed by atoms with Gasteiger partial charge in [-0.1, -0.05) is 0 Å². The van der Waals surface area contributed by atoms with Gasteiger partial charge in [0, 0.05) is 17.1 Å². The zero-order valence-electron chi connectivity index (χ0n) is 14.1. The summed E-state index contributed by atoms with van der Waals surface area (Å²) in [5.74, 6) is -0.350. The number of rotatable bonds is 5. The molecule has 21 heavy (non-hydrogen) atoms. The Balaban J connectivity index is 2.81. The maximum Gasteiger partial charge on any atom is 0.245 e. The van der Waals surface area contributed by atoms with Gasteiger partial charge in [-0.05, 0) is 54.4 Å². The van der Waals surface area contributed by atoms with Crippen molar-refractivity contribution in [3.63, 3.8) is 0 Å². The Bertz CT molecular complexity index is 356. The predicted octanol–water partition coefficient (Wildman–Crippen LogP) is 0.819. The number of carbonyl (C=O) groups excluding carboxylic acids is 1. The maximum atomic E-state index is 11.4. The van der Waals surface area contributed by atoms with Crippen LogP contribution >= 0.6 is 0 Å². The third-order valence-corrected chi connectivity index (χ3v) is 3.65. The Morgan fingerprint density at radius 1 is 1.29 bits per heavy atom. The van der Waals surface area contributed by atoms with Gasteiger partial charge in [-0.3, -0.25) is 9.63 Å². The van der Waals surface area contributed by atoms with E-state index in [1.165, 1.54) is 0 Å². The van der Waals surface area contributed by atoms with Crippen LogP contribution in [0.3, 0.4) is 0 Å². The molecule has 1 aliphatic rings. The van der Waals surface area contributed by atoms with E-state index in [0.717, 1.165) is 0 Å². The number of aliphatic hydroxyl groups excluding tert-OH is 1. The summed E-state index contributed by atoms with van der Waals surface area (Å²) >= 11 is 0. The van der Waals surface area contributed by atoms with Gasteiger partial charge < -0.3 is 15.5 Å². The SMILES string of the molecule is CC(C)(O)CON1C(C)(C)CC(NC(=O)CO)CC1(C)C. The molecule has 0 saturated carbocycles. The van der Waals surface area contributed by atoms with Crippen molar-refractivity contribution < 1.29 is 19.8 Å². The van der Waals surface area contributed by atoms with Crippen LogP contribution in [-0.2, 0) is 9.63 Å². The van der Waals surface area contributed by atoms with Crippen LogP contribution in [0.4, 0.5) is 0 Å². The van der Waals surface area contributed by atoms with Crippen LogP contribution < -0.4 is 5.32 Å². The van der Waals surface area contributed by atoms with E-state index < -0.39 is 12.2 Å². The van der Waals surface area contributed by atoms with Gasteiger partial charge in [-0.25, -0.2) is 0 Å². The van der Waals surface area contributed by atoms with E-state index in [4.69, 9.17) is 9.94 Å². The van der Waals surface area contributed by atoms with E-state index in [2.05, 4.69) is 33.0 Å². The number of piperidine rings is 1. The molecule has 1 amide bonds. The Kier molecular flexibility index (Phi) is 5.42. The molecule has 3 N–H and O–H groups in total. The molecule has 0 radical (unpaired) electrons. The number of nitrogens with zero attached hydrogens (tertiary/aromatic N) is 1. The van der Waals surface area contributed by atoms with Crippen molar-refractivity contribution in [3.8, 4) is 0 Å². The lowest BCUT2D eigenvalue weighted by atomic mass is 9.79. The van der Waals surface area contributed by atoms with Gasteiger partial charge in [0.2, 0.25) is 5.91 Å². The molecule has 0 atom stereocenters. The molecule has 1 saturated heterocycles. The number of hydrogen-bond donors (Lipinski definition) is 3. The summed E-state index contributed by atoms with van der Waals surface area (Å²) in [6, 6.07) is -0.00311. The first-order valence-corrected chi connectivity index (χ1v) is 7.43. The first-order valence-electron chi connectivity index (χ1n) is 7.43. The molecule has 124 valence electrons. The quantitative estimate of drug-likeness (QED) is 0.700. The van der Waals surface area contributed by atoms with Crippen molar-refractivity contribution in [2.45, 2.75) is 77.1 Å². The lowest BCUT2D eigenvalue weighted by Gasteiger charge is -2.54. The molecule has 0 aliphatic carbocycles. The molecule has 0 bridgehead atoms. The third kappa shape index (κ3) is 5.21. The van der Waals surface area contributed by atoms with Gasteiger partial charge in [0.15, 0.2) is 0 Å². The largest absolute Gasteiger partial charge is 0.388 e. The van der Waals surface area contributed by atoms with E-state index in [9.17, 15) is 9.90 Å². The van der Waals surface area contributed by atoms with Gasteiger partial charge in [0.25, 0.3) is 0 Å². The number of amides is 1. The summed E-state index contributed by atoms with van der Waals surface area (Å²) in [4.78, 5) is 17.3. The van der Waals surface area contributed by atoms with Gasteiger partial charge >= 0.3 is 0 Å². The molecule has 0 aromatic carbocycles. The molecular formula is C15H30N2O4. The van der Waals surface area contributed by atoms with Crippen LogP contribution in [0.15, 0.2) is 0 Å². The highest BCUT2D eigenvalue weighted by Gasteiger charge is 2.47. The second kappa shape index (κ2) is 6.20. The summed E-state index contributed by atoms with van der Waals surface area (Å²) in [6.45, 7) is 11.4. The van der Waals surface area contributed by atoms with Crippen LogP contribution in [0.1, 0.15) is 54.4 Å². The summed E-state index contributed by atoms with van der Waals surface area (Å²) < 4.78 is 0. The molecule has 0 aromatic heterocycles. The molecule has 1 fully saturated rings. The average Bonchev–Trinajstić information content (AvgIpc) is 2.23.